The first-order valence-corrected chi connectivity index (χ1v) is 7.42. The van der Waals surface area contributed by atoms with E-state index >= 15 is 0 Å². The van der Waals surface area contributed by atoms with Crippen molar-refractivity contribution in [3.63, 3.8) is 0 Å². The quantitative estimate of drug-likeness (QED) is 0.656. The van der Waals surface area contributed by atoms with Crippen LogP contribution in [-0.4, -0.2) is 50.1 Å². The molecule has 0 radical (unpaired) electrons. The van der Waals surface area contributed by atoms with Crippen molar-refractivity contribution in [3.05, 3.63) is 29.4 Å². The number of aromatic nitrogens is 2. The first-order valence-electron chi connectivity index (χ1n) is 7.42. The van der Waals surface area contributed by atoms with Gasteiger partial charge in [-0.15, -0.1) is 0 Å². The van der Waals surface area contributed by atoms with Crippen molar-refractivity contribution in [3.8, 4) is 5.88 Å². The second-order valence-electron chi connectivity index (χ2n) is 5.23. The van der Waals surface area contributed by atoms with E-state index in [2.05, 4.69) is 21.6 Å². The molecule has 1 fully saturated rings. The van der Waals surface area contributed by atoms with Gasteiger partial charge in [0.15, 0.2) is 5.82 Å². The number of morpholine rings is 1. The Morgan fingerprint density at radius 3 is 2.70 bits per heavy atom. The van der Waals surface area contributed by atoms with E-state index in [9.17, 15) is 0 Å². The van der Waals surface area contributed by atoms with Crippen molar-refractivity contribution >= 4 is 18.1 Å². The van der Waals surface area contributed by atoms with Gasteiger partial charge in [-0.3, -0.25) is 4.99 Å². The van der Waals surface area contributed by atoms with E-state index in [4.69, 9.17) is 20.2 Å². The summed E-state index contributed by atoms with van der Waals surface area (Å²) in [5.74, 6) is 1.19. The van der Waals surface area contributed by atoms with E-state index in [1.165, 1.54) is 0 Å². The predicted molar refractivity (Wildman–Crippen MR) is 91.7 cm³/mol. The van der Waals surface area contributed by atoms with Gasteiger partial charge in [-0.05, 0) is 26.6 Å². The van der Waals surface area contributed by atoms with Crippen LogP contribution < -0.4 is 15.4 Å². The largest absolute Gasteiger partial charge is 0.478 e. The van der Waals surface area contributed by atoms with Gasteiger partial charge in [-0.25, -0.2) is 9.97 Å². The average molecular weight is 317 g/mol. The van der Waals surface area contributed by atoms with Gasteiger partial charge in [0.05, 0.1) is 32.2 Å². The highest BCUT2D eigenvalue weighted by Crippen LogP contribution is 2.28. The summed E-state index contributed by atoms with van der Waals surface area (Å²) < 4.78 is 10.7. The first-order chi connectivity index (χ1) is 11.1. The van der Waals surface area contributed by atoms with E-state index < -0.39 is 0 Å². The molecule has 2 N–H and O–H groups in total. The topological polar surface area (TPSA) is 85.9 Å². The minimum atomic E-state index is 0.493. The third kappa shape index (κ3) is 4.07. The van der Waals surface area contributed by atoms with Crippen molar-refractivity contribution in [2.45, 2.75) is 13.8 Å². The van der Waals surface area contributed by atoms with Gasteiger partial charge in [0.2, 0.25) is 0 Å². The minimum Gasteiger partial charge on any atom is -0.478 e. The third-order valence-electron chi connectivity index (χ3n) is 3.50. The number of nitrogens with zero attached hydrogens (tertiary/aromatic N) is 4. The highest BCUT2D eigenvalue weighted by atomic mass is 16.5. The van der Waals surface area contributed by atoms with Crippen molar-refractivity contribution in [2.75, 3.05) is 38.3 Å². The highest BCUT2D eigenvalue weighted by molar-refractivity contribution is 5.76. The minimum absolute atomic E-state index is 0.493. The van der Waals surface area contributed by atoms with Crippen molar-refractivity contribution in [2.24, 2.45) is 10.7 Å². The van der Waals surface area contributed by atoms with Gasteiger partial charge in [0, 0.05) is 30.1 Å². The number of nitrogens with two attached hydrogens (primary N) is 1. The second kappa shape index (κ2) is 7.73. The summed E-state index contributed by atoms with van der Waals surface area (Å²) in [6, 6.07) is 0. The lowest BCUT2D eigenvalue weighted by atomic mass is 10.1. The highest BCUT2D eigenvalue weighted by Gasteiger charge is 2.20. The molecule has 0 bridgehead atoms. The molecular weight excluding hydrogens is 294 g/mol. The zero-order valence-corrected chi connectivity index (χ0v) is 13.9. The molecular formula is C16H23N5O2. The number of hydrogen-bond donors (Lipinski definition) is 1. The molecule has 0 spiro atoms. The normalized spacial score (nSPS) is 16.8. The Balaban J connectivity index is 2.50. The van der Waals surface area contributed by atoms with Crippen LogP contribution in [0.5, 0.6) is 5.88 Å². The molecule has 0 saturated carbocycles. The Morgan fingerprint density at radius 2 is 2.13 bits per heavy atom. The van der Waals surface area contributed by atoms with E-state index in [0.29, 0.717) is 36.3 Å². The molecule has 1 saturated heterocycles. The molecule has 1 aliphatic rings. The summed E-state index contributed by atoms with van der Waals surface area (Å²) in [5, 5.41) is 0. The van der Waals surface area contributed by atoms with E-state index in [-0.39, 0.29) is 0 Å². The summed E-state index contributed by atoms with van der Waals surface area (Å²) in [5.41, 5.74) is 8.70. The maximum Gasteiger partial charge on any atom is 0.257 e. The number of rotatable bonds is 5. The summed E-state index contributed by atoms with van der Waals surface area (Å²) in [6.07, 6.45) is 3.48. The Hall–Kier alpha value is -2.41. The Morgan fingerprint density at radius 1 is 1.43 bits per heavy atom. The van der Waals surface area contributed by atoms with Crippen LogP contribution >= 0.6 is 0 Å². The lowest BCUT2D eigenvalue weighted by molar-refractivity contribution is 0.122. The fraction of sp³-hybridized carbons (Fsp3) is 0.438. The van der Waals surface area contributed by atoms with Gasteiger partial charge in [0.1, 0.15) is 0 Å². The van der Waals surface area contributed by atoms with Crippen molar-refractivity contribution in [1.29, 1.82) is 0 Å². The first kappa shape index (κ1) is 17.0. The Bertz CT molecular complexity index is 629. The zero-order chi connectivity index (χ0) is 16.8. The lowest BCUT2D eigenvalue weighted by Gasteiger charge is -2.28. The summed E-state index contributed by atoms with van der Waals surface area (Å²) in [7, 11) is 1.59. The van der Waals surface area contributed by atoms with Crippen LogP contribution in [0.25, 0.3) is 5.57 Å². The SMILES string of the molecule is C=N/C(C)=C(\C=C(/C)N)c1cnc(OC)c(N2CCOCC2)n1. The summed E-state index contributed by atoms with van der Waals surface area (Å²) in [4.78, 5) is 15.2. The lowest BCUT2D eigenvalue weighted by Crippen LogP contribution is -2.37. The maximum atomic E-state index is 5.83. The average Bonchev–Trinajstić information content (AvgIpc) is 2.59. The molecule has 1 aromatic heterocycles. The number of aliphatic imine (C=N–C) groups is 1. The summed E-state index contributed by atoms with van der Waals surface area (Å²) >= 11 is 0. The number of anilines is 1. The van der Waals surface area contributed by atoms with Crippen LogP contribution in [0.3, 0.4) is 0 Å². The number of allylic oxidation sites excluding steroid dienone is 4. The number of hydrogen-bond acceptors (Lipinski definition) is 7. The van der Waals surface area contributed by atoms with Crippen LogP contribution in [0, 0.1) is 0 Å². The Kier molecular flexibility index (Phi) is 5.70. The molecule has 0 atom stereocenters. The molecule has 23 heavy (non-hydrogen) atoms. The van der Waals surface area contributed by atoms with Crippen LogP contribution in [0.15, 0.2) is 28.7 Å². The monoisotopic (exact) mass is 317 g/mol. The van der Waals surface area contributed by atoms with Crippen molar-refractivity contribution < 1.29 is 9.47 Å². The van der Waals surface area contributed by atoms with Gasteiger partial charge in [-0.2, -0.15) is 0 Å². The number of ether oxygens (including phenoxy) is 2. The van der Waals surface area contributed by atoms with E-state index in [0.717, 1.165) is 24.4 Å². The standard InChI is InChI=1S/C16H23N5O2/c1-11(17)9-13(12(2)18-3)14-10-19-16(22-4)15(20-14)21-5-7-23-8-6-21/h9-10H,3,5-8,17H2,1-2,4H3/b11-9+,13-12+. The van der Waals surface area contributed by atoms with Crippen molar-refractivity contribution in [1.82, 2.24) is 9.97 Å². The fourth-order valence-electron chi connectivity index (χ4n) is 2.30. The third-order valence-corrected chi connectivity index (χ3v) is 3.50. The molecule has 2 heterocycles. The molecule has 0 aliphatic carbocycles. The molecule has 1 aromatic rings. The van der Waals surface area contributed by atoms with Crippen LogP contribution in [-0.2, 0) is 4.74 Å². The summed E-state index contributed by atoms with van der Waals surface area (Å²) in [6.45, 7) is 10.1. The molecule has 1 aliphatic heterocycles. The van der Waals surface area contributed by atoms with Crippen LogP contribution in [0.4, 0.5) is 5.82 Å². The van der Waals surface area contributed by atoms with Gasteiger partial charge >= 0.3 is 0 Å². The molecule has 0 aromatic carbocycles. The second-order valence-corrected chi connectivity index (χ2v) is 5.23. The van der Waals surface area contributed by atoms with Crippen LogP contribution in [0.2, 0.25) is 0 Å². The van der Waals surface area contributed by atoms with Gasteiger partial charge in [-0.1, -0.05) is 0 Å². The molecule has 0 amide bonds. The molecule has 0 unspecified atom stereocenters. The number of methoxy groups -OCH3 is 1. The molecule has 7 heteroatoms. The molecule has 7 nitrogen and oxygen atoms in total. The molecule has 2 rings (SSSR count). The smallest absolute Gasteiger partial charge is 0.257 e. The van der Waals surface area contributed by atoms with Crippen LogP contribution in [0.1, 0.15) is 19.5 Å². The van der Waals surface area contributed by atoms with E-state index in [1.807, 2.05) is 19.9 Å². The zero-order valence-electron chi connectivity index (χ0n) is 13.9. The predicted octanol–water partition coefficient (Wildman–Crippen LogP) is 1.62. The van der Waals surface area contributed by atoms with Gasteiger partial charge in [0.25, 0.3) is 5.88 Å². The maximum absolute atomic E-state index is 5.83. The van der Waals surface area contributed by atoms with Gasteiger partial charge < -0.3 is 20.1 Å². The fourth-order valence-corrected chi connectivity index (χ4v) is 2.30. The van der Waals surface area contributed by atoms with E-state index in [1.54, 1.807) is 13.3 Å². The molecule has 124 valence electrons. The Labute approximate surface area is 136 Å².